The van der Waals surface area contributed by atoms with Crippen molar-refractivity contribution < 1.29 is 9.53 Å². The Morgan fingerprint density at radius 3 is 2.83 bits per heavy atom. The zero-order chi connectivity index (χ0) is 24.1. The van der Waals surface area contributed by atoms with Crippen LogP contribution < -0.4 is 15.0 Å². The Balaban J connectivity index is 1.27. The van der Waals surface area contributed by atoms with Crippen molar-refractivity contribution in [1.29, 1.82) is 0 Å². The molecular formula is C25H24ClN7O2. The van der Waals surface area contributed by atoms with Crippen LogP contribution in [0.1, 0.15) is 13.3 Å². The van der Waals surface area contributed by atoms with Gasteiger partial charge in [-0.3, -0.25) is 4.79 Å². The molecule has 2 atom stereocenters. The third-order valence-corrected chi connectivity index (χ3v) is 7.11. The van der Waals surface area contributed by atoms with Crippen LogP contribution in [-0.4, -0.2) is 62.7 Å². The molecule has 0 spiro atoms. The molecule has 10 heteroatoms. The first-order valence-electron chi connectivity index (χ1n) is 11.5. The van der Waals surface area contributed by atoms with Crippen LogP contribution >= 0.6 is 11.6 Å². The quantitative estimate of drug-likeness (QED) is 0.453. The van der Waals surface area contributed by atoms with Gasteiger partial charge in [0.15, 0.2) is 0 Å². The number of rotatable bonds is 5. The van der Waals surface area contributed by atoms with Crippen LogP contribution in [0.5, 0.6) is 5.75 Å². The maximum atomic E-state index is 11.8. The molecule has 6 rings (SSSR count). The van der Waals surface area contributed by atoms with Gasteiger partial charge in [0.2, 0.25) is 11.9 Å². The van der Waals surface area contributed by atoms with Crippen molar-refractivity contribution in [2.24, 2.45) is 0 Å². The van der Waals surface area contributed by atoms with E-state index in [0.717, 1.165) is 42.0 Å². The van der Waals surface area contributed by atoms with Gasteiger partial charge >= 0.3 is 0 Å². The van der Waals surface area contributed by atoms with Crippen molar-refractivity contribution in [2.45, 2.75) is 25.4 Å². The molecule has 5 heterocycles. The summed E-state index contributed by atoms with van der Waals surface area (Å²) in [5.41, 5.74) is 4.16. The number of hydrogen-bond acceptors (Lipinski definition) is 7. The first kappa shape index (κ1) is 21.7. The van der Waals surface area contributed by atoms with Crippen LogP contribution in [0.25, 0.3) is 16.8 Å². The van der Waals surface area contributed by atoms with Gasteiger partial charge in [0.05, 0.1) is 47.5 Å². The summed E-state index contributed by atoms with van der Waals surface area (Å²) in [5, 5.41) is 8.10. The van der Waals surface area contributed by atoms with E-state index in [0.29, 0.717) is 28.5 Å². The van der Waals surface area contributed by atoms with Crippen LogP contribution in [0.2, 0.25) is 5.02 Å². The minimum Gasteiger partial charge on any atom is -0.494 e. The SMILES string of the molecule is COc1cc(N2CC3CC2CN3C(C)=O)ccc1Nc1ncc(Cl)c(-c2cnn3ccccc23)n1. The number of fused-ring (bicyclic) bond motifs is 3. The average molecular weight is 490 g/mol. The van der Waals surface area contributed by atoms with Crippen molar-refractivity contribution in [1.82, 2.24) is 24.5 Å². The maximum absolute atomic E-state index is 11.8. The number of anilines is 3. The van der Waals surface area contributed by atoms with Gasteiger partial charge in [-0.1, -0.05) is 17.7 Å². The highest BCUT2D eigenvalue weighted by Gasteiger charge is 2.44. The molecule has 178 valence electrons. The number of piperazine rings is 1. The topological polar surface area (TPSA) is 87.9 Å². The maximum Gasteiger partial charge on any atom is 0.227 e. The number of ether oxygens (including phenoxy) is 1. The molecule has 2 saturated heterocycles. The summed E-state index contributed by atoms with van der Waals surface area (Å²) >= 11 is 6.46. The molecule has 1 aromatic carbocycles. The normalized spacial score (nSPS) is 18.9. The second-order valence-corrected chi connectivity index (χ2v) is 9.26. The second-order valence-electron chi connectivity index (χ2n) is 8.86. The minimum atomic E-state index is 0.153. The summed E-state index contributed by atoms with van der Waals surface area (Å²) in [4.78, 5) is 25.2. The zero-order valence-electron chi connectivity index (χ0n) is 19.3. The van der Waals surface area contributed by atoms with E-state index in [4.69, 9.17) is 16.3 Å². The number of aromatic nitrogens is 4. The van der Waals surface area contributed by atoms with Gasteiger partial charge in [0.1, 0.15) is 5.75 Å². The number of carbonyl (C=O) groups excluding carboxylic acids is 1. The molecule has 2 aliphatic rings. The number of halogens is 1. The standard InChI is InChI=1S/C25H24ClN7O2/c1-15(34)31-13-18-9-17(31)14-32(18)16-6-7-21(23(10-16)35-2)29-25-27-12-20(26)24(30-25)19-11-28-33-8-4-3-5-22(19)33/h3-8,10-12,17-18H,9,13-14H2,1-2H3,(H,27,29,30). The third kappa shape index (κ3) is 3.72. The lowest BCUT2D eigenvalue weighted by molar-refractivity contribution is -0.129. The van der Waals surface area contributed by atoms with Gasteiger partial charge in [0.25, 0.3) is 0 Å². The molecule has 2 bridgehead atoms. The number of benzene rings is 1. The van der Waals surface area contributed by atoms with E-state index in [1.165, 1.54) is 0 Å². The number of carbonyl (C=O) groups is 1. The largest absolute Gasteiger partial charge is 0.494 e. The monoisotopic (exact) mass is 489 g/mol. The van der Waals surface area contributed by atoms with Crippen LogP contribution in [0, 0.1) is 0 Å². The van der Waals surface area contributed by atoms with Crippen LogP contribution in [0.15, 0.2) is 55.0 Å². The van der Waals surface area contributed by atoms with E-state index in [-0.39, 0.29) is 11.9 Å². The highest BCUT2D eigenvalue weighted by molar-refractivity contribution is 6.33. The molecule has 1 N–H and O–H groups in total. The fourth-order valence-corrected chi connectivity index (χ4v) is 5.38. The minimum absolute atomic E-state index is 0.153. The fourth-order valence-electron chi connectivity index (χ4n) is 5.18. The zero-order valence-corrected chi connectivity index (χ0v) is 20.1. The molecule has 2 aliphatic heterocycles. The summed E-state index contributed by atoms with van der Waals surface area (Å²) in [7, 11) is 1.64. The molecule has 4 aromatic rings. The van der Waals surface area contributed by atoms with E-state index >= 15 is 0 Å². The molecule has 2 fully saturated rings. The number of methoxy groups -OCH3 is 1. The van der Waals surface area contributed by atoms with Crippen molar-refractivity contribution >= 4 is 40.3 Å². The van der Waals surface area contributed by atoms with E-state index in [1.807, 2.05) is 41.4 Å². The highest BCUT2D eigenvalue weighted by Crippen LogP contribution is 2.38. The molecule has 0 aliphatic carbocycles. The van der Waals surface area contributed by atoms with Gasteiger partial charge in [0, 0.05) is 49.6 Å². The van der Waals surface area contributed by atoms with E-state index in [2.05, 4.69) is 31.3 Å². The summed E-state index contributed by atoms with van der Waals surface area (Å²) in [6, 6.07) is 12.5. The predicted octanol–water partition coefficient (Wildman–Crippen LogP) is 4.01. The number of hydrogen-bond donors (Lipinski definition) is 1. The average Bonchev–Trinajstić information content (AvgIpc) is 3.60. The lowest BCUT2D eigenvalue weighted by Gasteiger charge is -2.35. The molecule has 1 amide bonds. The molecule has 9 nitrogen and oxygen atoms in total. The van der Waals surface area contributed by atoms with E-state index in [1.54, 1.807) is 30.9 Å². The number of likely N-dealkylation sites (tertiary alicyclic amines) is 1. The Morgan fingerprint density at radius 2 is 2.06 bits per heavy atom. The molecule has 0 saturated carbocycles. The second kappa shape index (κ2) is 8.42. The van der Waals surface area contributed by atoms with Gasteiger partial charge in [-0.2, -0.15) is 5.10 Å². The first-order valence-corrected chi connectivity index (χ1v) is 11.8. The Hall–Kier alpha value is -3.85. The number of nitrogens with one attached hydrogen (secondary N) is 1. The van der Waals surface area contributed by atoms with Crippen molar-refractivity contribution in [3.63, 3.8) is 0 Å². The third-order valence-electron chi connectivity index (χ3n) is 6.83. The highest BCUT2D eigenvalue weighted by atomic mass is 35.5. The van der Waals surface area contributed by atoms with Gasteiger partial charge < -0.3 is 19.9 Å². The van der Waals surface area contributed by atoms with Crippen molar-refractivity contribution in [3.8, 4) is 17.0 Å². The van der Waals surface area contributed by atoms with Crippen LogP contribution in [-0.2, 0) is 4.79 Å². The summed E-state index contributed by atoms with van der Waals surface area (Å²) in [6.45, 7) is 3.26. The Kier molecular flexibility index (Phi) is 5.21. The molecule has 35 heavy (non-hydrogen) atoms. The molecule has 3 aromatic heterocycles. The predicted molar refractivity (Wildman–Crippen MR) is 134 cm³/mol. The summed E-state index contributed by atoms with van der Waals surface area (Å²) in [6.07, 6.45) is 6.22. The van der Waals surface area contributed by atoms with Gasteiger partial charge in [-0.05, 0) is 30.7 Å². The van der Waals surface area contributed by atoms with E-state index in [9.17, 15) is 4.79 Å². The molecule has 0 radical (unpaired) electrons. The molecular weight excluding hydrogens is 466 g/mol. The lowest BCUT2D eigenvalue weighted by Crippen LogP contribution is -2.48. The van der Waals surface area contributed by atoms with Crippen LogP contribution in [0.3, 0.4) is 0 Å². The summed E-state index contributed by atoms with van der Waals surface area (Å²) < 4.78 is 7.47. The number of pyridine rings is 1. The van der Waals surface area contributed by atoms with Crippen molar-refractivity contribution in [3.05, 3.63) is 60.0 Å². The van der Waals surface area contributed by atoms with Crippen molar-refractivity contribution in [2.75, 3.05) is 30.4 Å². The van der Waals surface area contributed by atoms with Gasteiger partial charge in [-0.15, -0.1) is 0 Å². The fraction of sp³-hybridized carbons (Fsp3) is 0.280. The van der Waals surface area contributed by atoms with Gasteiger partial charge in [-0.25, -0.2) is 14.5 Å². The van der Waals surface area contributed by atoms with E-state index < -0.39 is 0 Å². The van der Waals surface area contributed by atoms with Crippen LogP contribution in [0.4, 0.5) is 17.3 Å². The lowest BCUT2D eigenvalue weighted by atomic mass is 10.2. The Bertz CT molecular complexity index is 1440. The Labute approximate surface area is 207 Å². The smallest absolute Gasteiger partial charge is 0.227 e. The number of nitrogens with zero attached hydrogens (tertiary/aromatic N) is 6. The Morgan fingerprint density at radius 1 is 1.17 bits per heavy atom. The number of amides is 1. The summed E-state index contributed by atoms with van der Waals surface area (Å²) in [5.74, 6) is 1.24. The first-order chi connectivity index (χ1) is 17.0. The molecule has 2 unspecified atom stereocenters.